The number of carbonyl (C=O) groups excluding carboxylic acids is 2. The molecular weight excluding hydrogens is 278 g/mol. The summed E-state index contributed by atoms with van der Waals surface area (Å²) in [5.41, 5.74) is -1.06. The Labute approximate surface area is 134 Å². The predicted molar refractivity (Wildman–Crippen MR) is 87.6 cm³/mol. The number of piperidine rings is 1. The first-order valence-electron chi connectivity index (χ1n) is 8.68. The quantitative estimate of drug-likeness (QED) is 0.684. The van der Waals surface area contributed by atoms with E-state index in [-0.39, 0.29) is 28.9 Å². The van der Waals surface area contributed by atoms with Crippen molar-refractivity contribution >= 4 is 11.9 Å². The SMILES string of the molecule is CCCC1(C)CC2(NC(=O)NC2=O)C(CC)C(C)(CCC)N1. The van der Waals surface area contributed by atoms with E-state index in [0.29, 0.717) is 6.42 Å². The maximum absolute atomic E-state index is 12.7. The monoisotopic (exact) mass is 309 g/mol. The van der Waals surface area contributed by atoms with Gasteiger partial charge in [0, 0.05) is 17.0 Å². The fraction of sp³-hybridized carbons (Fsp3) is 0.882. The summed E-state index contributed by atoms with van der Waals surface area (Å²) in [6.07, 6.45) is 5.61. The molecule has 2 rings (SSSR count). The van der Waals surface area contributed by atoms with Gasteiger partial charge in [-0.15, -0.1) is 0 Å². The summed E-state index contributed by atoms with van der Waals surface area (Å²) in [5.74, 6) is -0.0492. The van der Waals surface area contributed by atoms with Crippen molar-refractivity contribution in [2.75, 3.05) is 0 Å². The third-order valence-electron chi connectivity index (χ3n) is 5.57. The lowest BCUT2D eigenvalue weighted by Gasteiger charge is -2.58. The summed E-state index contributed by atoms with van der Waals surface area (Å²) >= 11 is 0. The molecule has 2 saturated heterocycles. The van der Waals surface area contributed by atoms with Gasteiger partial charge in [0.15, 0.2) is 0 Å². The zero-order chi connectivity index (χ0) is 16.6. The molecule has 0 aliphatic carbocycles. The van der Waals surface area contributed by atoms with Gasteiger partial charge in [-0.25, -0.2) is 4.79 Å². The molecule has 0 saturated carbocycles. The largest absolute Gasteiger partial charge is 0.323 e. The molecule has 1 spiro atoms. The van der Waals surface area contributed by atoms with Crippen molar-refractivity contribution in [3.63, 3.8) is 0 Å². The van der Waals surface area contributed by atoms with E-state index >= 15 is 0 Å². The Morgan fingerprint density at radius 3 is 2.18 bits per heavy atom. The molecule has 4 atom stereocenters. The van der Waals surface area contributed by atoms with Gasteiger partial charge in [0.2, 0.25) is 0 Å². The van der Waals surface area contributed by atoms with Gasteiger partial charge in [-0.3, -0.25) is 10.1 Å². The topological polar surface area (TPSA) is 70.2 Å². The number of hydrogen-bond acceptors (Lipinski definition) is 3. The molecule has 4 unspecified atom stereocenters. The van der Waals surface area contributed by atoms with E-state index in [4.69, 9.17) is 0 Å². The Kier molecular flexibility index (Phi) is 4.58. The summed E-state index contributed by atoms with van der Waals surface area (Å²) in [6, 6.07) is -0.344. The van der Waals surface area contributed by atoms with Gasteiger partial charge in [0.05, 0.1) is 0 Å². The lowest BCUT2D eigenvalue weighted by molar-refractivity contribution is -0.132. The molecule has 2 aliphatic heterocycles. The van der Waals surface area contributed by atoms with Crippen molar-refractivity contribution in [3.8, 4) is 0 Å². The molecule has 3 N–H and O–H groups in total. The second-order valence-electron chi connectivity index (χ2n) is 7.62. The van der Waals surface area contributed by atoms with Crippen molar-refractivity contribution in [3.05, 3.63) is 0 Å². The van der Waals surface area contributed by atoms with Gasteiger partial charge >= 0.3 is 6.03 Å². The normalized spacial score (nSPS) is 41.6. The molecule has 3 amide bonds. The second kappa shape index (κ2) is 5.84. The number of rotatable bonds is 5. The van der Waals surface area contributed by atoms with Gasteiger partial charge in [0.1, 0.15) is 5.54 Å². The Hall–Kier alpha value is -1.10. The molecule has 2 aliphatic rings. The van der Waals surface area contributed by atoms with Crippen LogP contribution in [0.4, 0.5) is 4.79 Å². The van der Waals surface area contributed by atoms with Crippen LogP contribution in [-0.2, 0) is 4.79 Å². The van der Waals surface area contributed by atoms with Crippen molar-refractivity contribution in [1.82, 2.24) is 16.0 Å². The highest BCUT2D eigenvalue weighted by atomic mass is 16.2. The number of amides is 3. The number of carbonyl (C=O) groups is 2. The van der Waals surface area contributed by atoms with Gasteiger partial charge in [-0.05, 0) is 39.5 Å². The van der Waals surface area contributed by atoms with E-state index in [1.807, 2.05) is 0 Å². The first-order chi connectivity index (χ1) is 10.2. The summed E-state index contributed by atoms with van der Waals surface area (Å²) < 4.78 is 0. The summed E-state index contributed by atoms with van der Waals surface area (Å²) in [7, 11) is 0. The highest BCUT2D eigenvalue weighted by Gasteiger charge is 2.62. The fourth-order valence-electron chi connectivity index (χ4n) is 5.24. The van der Waals surface area contributed by atoms with Gasteiger partial charge < -0.3 is 10.6 Å². The minimum absolute atomic E-state index is 0.0938. The van der Waals surface area contributed by atoms with Gasteiger partial charge in [-0.2, -0.15) is 0 Å². The first-order valence-corrected chi connectivity index (χ1v) is 8.68. The number of hydrogen-bond donors (Lipinski definition) is 3. The zero-order valence-corrected chi connectivity index (χ0v) is 14.6. The summed E-state index contributed by atoms with van der Waals surface area (Å²) in [5, 5.41) is 9.36. The lowest BCUT2D eigenvalue weighted by atomic mass is 9.59. The molecule has 0 aromatic carbocycles. The molecule has 0 aromatic heterocycles. The number of imide groups is 1. The number of nitrogens with one attached hydrogen (secondary N) is 3. The second-order valence-corrected chi connectivity index (χ2v) is 7.62. The van der Waals surface area contributed by atoms with Crippen LogP contribution < -0.4 is 16.0 Å². The summed E-state index contributed by atoms with van der Waals surface area (Å²) in [6.45, 7) is 10.9. The van der Waals surface area contributed by atoms with Crippen LogP contribution >= 0.6 is 0 Å². The molecular formula is C17H31N3O2. The van der Waals surface area contributed by atoms with Crippen LogP contribution in [0.1, 0.15) is 73.1 Å². The van der Waals surface area contributed by atoms with Crippen molar-refractivity contribution in [1.29, 1.82) is 0 Å². The molecule has 0 bridgehead atoms. The zero-order valence-electron chi connectivity index (χ0n) is 14.6. The van der Waals surface area contributed by atoms with Crippen molar-refractivity contribution in [2.45, 2.75) is 89.8 Å². The maximum atomic E-state index is 12.7. The van der Waals surface area contributed by atoms with E-state index in [1.165, 1.54) is 0 Å². The van der Waals surface area contributed by atoms with E-state index in [9.17, 15) is 9.59 Å². The Morgan fingerprint density at radius 2 is 1.73 bits per heavy atom. The highest BCUT2D eigenvalue weighted by molar-refractivity contribution is 6.07. The van der Waals surface area contributed by atoms with Gasteiger partial charge in [-0.1, -0.05) is 33.6 Å². The third kappa shape index (κ3) is 2.64. The molecule has 5 heteroatoms. The minimum Gasteiger partial charge on any atom is -0.323 e. The van der Waals surface area contributed by atoms with E-state index in [2.05, 4.69) is 50.6 Å². The van der Waals surface area contributed by atoms with Crippen LogP contribution in [0.3, 0.4) is 0 Å². The van der Waals surface area contributed by atoms with E-state index < -0.39 is 5.54 Å². The number of urea groups is 1. The van der Waals surface area contributed by atoms with E-state index in [1.54, 1.807) is 0 Å². The van der Waals surface area contributed by atoms with Crippen LogP contribution in [0.25, 0.3) is 0 Å². The highest BCUT2D eigenvalue weighted by Crippen LogP contribution is 2.47. The molecule has 2 heterocycles. The first kappa shape index (κ1) is 17.3. The van der Waals surface area contributed by atoms with Crippen molar-refractivity contribution in [2.24, 2.45) is 5.92 Å². The Morgan fingerprint density at radius 1 is 1.09 bits per heavy atom. The average molecular weight is 309 g/mol. The molecule has 0 aromatic rings. The van der Waals surface area contributed by atoms with Crippen LogP contribution in [0, 0.1) is 5.92 Å². The smallest absolute Gasteiger partial charge is 0.322 e. The van der Waals surface area contributed by atoms with Crippen LogP contribution in [0.15, 0.2) is 0 Å². The minimum atomic E-state index is -0.773. The lowest BCUT2D eigenvalue weighted by Crippen LogP contribution is -2.75. The molecule has 0 radical (unpaired) electrons. The molecule has 2 fully saturated rings. The standard InChI is InChI=1S/C17H31N3O2/c1-6-9-15(4)11-17(13(21)18-14(22)19-17)12(8-3)16(5,20-15)10-7-2/h12,20H,6-11H2,1-5H3,(H2,18,19,21,22). The van der Waals surface area contributed by atoms with Crippen LogP contribution in [0.5, 0.6) is 0 Å². The Balaban J connectivity index is 2.49. The molecule has 22 heavy (non-hydrogen) atoms. The van der Waals surface area contributed by atoms with E-state index in [0.717, 1.165) is 32.1 Å². The Bertz CT molecular complexity index is 467. The van der Waals surface area contributed by atoms with Crippen LogP contribution in [0.2, 0.25) is 0 Å². The average Bonchev–Trinajstić information content (AvgIpc) is 2.63. The van der Waals surface area contributed by atoms with Crippen LogP contribution in [-0.4, -0.2) is 28.6 Å². The summed E-state index contributed by atoms with van der Waals surface area (Å²) in [4.78, 5) is 24.6. The maximum Gasteiger partial charge on any atom is 0.322 e. The third-order valence-corrected chi connectivity index (χ3v) is 5.57. The van der Waals surface area contributed by atoms with Gasteiger partial charge in [0.25, 0.3) is 5.91 Å². The predicted octanol–water partition coefficient (Wildman–Crippen LogP) is 2.70. The molecule has 126 valence electrons. The van der Waals surface area contributed by atoms with Crippen molar-refractivity contribution < 1.29 is 9.59 Å². The molecule has 5 nitrogen and oxygen atoms in total. The fourth-order valence-corrected chi connectivity index (χ4v) is 5.24.